The number of likely N-dealkylation sites (N-methyl/N-ethyl adjacent to an activating group) is 1. The van der Waals surface area contributed by atoms with Crippen molar-refractivity contribution in [3.05, 3.63) is 0 Å². The average Bonchev–Trinajstić information content (AvgIpc) is 2.53. The summed E-state index contributed by atoms with van der Waals surface area (Å²) in [4.78, 5) is 26.9. The van der Waals surface area contributed by atoms with Crippen molar-refractivity contribution < 1.29 is 19.4 Å². The second-order valence-corrected chi connectivity index (χ2v) is 5.67. The van der Waals surface area contributed by atoms with Crippen molar-refractivity contribution in [2.24, 2.45) is 5.92 Å². The van der Waals surface area contributed by atoms with Gasteiger partial charge in [-0.25, -0.2) is 4.79 Å². The Morgan fingerprint density at radius 3 is 2.62 bits per heavy atom. The van der Waals surface area contributed by atoms with Crippen LogP contribution in [-0.2, 0) is 9.53 Å². The zero-order valence-corrected chi connectivity index (χ0v) is 12.6. The lowest BCUT2D eigenvalue weighted by Gasteiger charge is -2.33. The highest BCUT2D eigenvalue weighted by Crippen LogP contribution is 2.17. The lowest BCUT2D eigenvalue weighted by atomic mass is 9.97. The van der Waals surface area contributed by atoms with Crippen LogP contribution in [0.1, 0.15) is 19.8 Å². The van der Waals surface area contributed by atoms with Crippen LogP contribution in [0.5, 0.6) is 0 Å². The third-order valence-electron chi connectivity index (χ3n) is 4.28. The number of nitrogens with one attached hydrogen (secondary N) is 1. The third-order valence-corrected chi connectivity index (χ3v) is 4.28. The van der Waals surface area contributed by atoms with Crippen molar-refractivity contribution in [2.75, 3.05) is 45.9 Å². The van der Waals surface area contributed by atoms with E-state index in [1.807, 2.05) is 0 Å². The standard InChI is InChI=1S/C14H25N3O4/c1-2-16-7-8-21-12(10-16)9-15-14(20)17-5-3-11(4-6-17)13(18)19/h11-12H,2-10H2,1H3,(H,15,20)(H,18,19). The molecule has 7 heteroatoms. The van der Waals surface area contributed by atoms with Gasteiger partial charge in [0.2, 0.25) is 0 Å². The molecular weight excluding hydrogens is 274 g/mol. The van der Waals surface area contributed by atoms with Gasteiger partial charge in [-0.3, -0.25) is 9.69 Å². The Hall–Kier alpha value is -1.34. The van der Waals surface area contributed by atoms with Gasteiger partial charge in [0.25, 0.3) is 0 Å². The van der Waals surface area contributed by atoms with Crippen molar-refractivity contribution in [2.45, 2.75) is 25.9 Å². The number of hydrogen-bond acceptors (Lipinski definition) is 4. The summed E-state index contributed by atoms with van der Waals surface area (Å²) in [5.74, 6) is -1.07. The summed E-state index contributed by atoms with van der Waals surface area (Å²) in [5, 5.41) is 11.8. The zero-order chi connectivity index (χ0) is 15.2. The number of carbonyl (C=O) groups excluding carboxylic acids is 1. The third kappa shape index (κ3) is 4.57. The molecule has 0 radical (unpaired) electrons. The SMILES string of the molecule is CCN1CCOC(CNC(=O)N2CCC(C(=O)O)CC2)C1. The molecule has 0 aromatic rings. The first-order chi connectivity index (χ1) is 10.1. The number of urea groups is 1. The number of carbonyl (C=O) groups is 2. The van der Waals surface area contributed by atoms with Crippen molar-refractivity contribution in [3.63, 3.8) is 0 Å². The summed E-state index contributed by atoms with van der Waals surface area (Å²) in [5.41, 5.74) is 0. The summed E-state index contributed by atoms with van der Waals surface area (Å²) < 4.78 is 5.64. The van der Waals surface area contributed by atoms with Crippen molar-refractivity contribution in [3.8, 4) is 0 Å². The number of rotatable bonds is 4. The molecule has 0 aromatic heterocycles. The van der Waals surface area contributed by atoms with Gasteiger partial charge in [-0.15, -0.1) is 0 Å². The van der Waals surface area contributed by atoms with Crippen LogP contribution in [0.15, 0.2) is 0 Å². The predicted molar refractivity (Wildman–Crippen MR) is 77.2 cm³/mol. The van der Waals surface area contributed by atoms with E-state index < -0.39 is 5.97 Å². The quantitative estimate of drug-likeness (QED) is 0.775. The number of nitrogens with zero attached hydrogens (tertiary/aromatic N) is 2. The maximum Gasteiger partial charge on any atom is 0.317 e. The van der Waals surface area contributed by atoms with Gasteiger partial charge in [0.1, 0.15) is 0 Å². The fourth-order valence-corrected chi connectivity index (χ4v) is 2.83. The number of hydrogen-bond donors (Lipinski definition) is 2. The lowest BCUT2D eigenvalue weighted by Crippen LogP contribution is -2.51. The van der Waals surface area contributed by atoms with Crippen molar-refractivity contribution >= 4 is 12.0 Å². The highest BCUT2D eigenvalue weighted by Gasteiger charge is 2.27. The molecule has 21 heavy (non-hydrogen) atoms. The molecule has 0 aromatic carbocycles. The molecular formula is C14H25N3O4. The minimum atomic E-state index is -0.759. The van der Waals surface area contributed by atoms with Crippen molar-refractivity contribution in [1.82, 2.24) is 15.1 Å². The number of amides is 2. The van der Waals surface area contributed by atoms with Gasteiger partial charge in [0.05, 0.1) is 18.6 Å². The molecule has 2 heterocycles. The van der Waals surface area contributed by atoms with E-state index >= 15 is 0 Å². The Morgan fingerprint density at radius 2 is 2.00 bits per heavy atom. The number of ether oxygens (including phenoxy) is 1. The minimum Gasteiger partial charge on any atom is -0.481 e. The van der Waals surface area contributed by atoms with E-state index in [9.17, 15) is 9.59 Å². The van der Waals surface area contributed by atoms with E-state index in [0.29, 0.717) is 39.1 Å². The molecule has 2 aliphatic rings. The molecule has 0 spiro atoms. The molecule has 0 saturated carbocycles. The van der Waals surface area contributed by atoms with Gasteiger partial charge in [-0.05, 0) is 19.4 Å². The molecule has 2 rings (SSSR count). The summed E-state index contributed by atoms with van der Waals surface area (Å²) in [6, 6.07) is -0.115. The van der Waals surface area contributed by atoms with Crippen LogP contribution < -0.4 is 5.32 Å². The van der Waals surface area contributed by atoms with Gasteiger partial charge in [0.15, 0.2) is 0 Å². The van der Waals surface area contributed by atoms with Crippen molar-refractivity contribution in [1.29, 1.82) is 0 Å². The van der Waals surface area contributed by atoms with E-state index in [-0.39, 0.29) is 18.1 Å². The Kier molecular flexibility index (Phi) is 5.81. The molecule has 2 aliphatic heterocycles. The van der Waals surface area contributed by atoms with E-state index in [0.717, 1.165) is 19.6 Å². The smallest absolute Gasteiger partial charge is 0.317 e. The number of carboxylic acid groups (broad SMARTS) is 1. The molecule has 2 fully saturated rings. The lowest BCUT2D eigenvalue weighted by molar-refractivity contribution is -0.143. The van der Waals surface area contributed by atoms with E-state index in [1.165, 1.54) is 0 Å². The molecule has 0 aliphatic carbocycles. The Labute approximate surface area is 125 Å². The second-order valence-electron chi connectivity index (χ2n) is 5.67. The topological polar surface area (TPSA) is 82.1 Å². The predicted octanol–water partition coefficient (Wildman–Crippen LogP) is 0.213. The Bertz CT molecular complexity index is 369. The van der Waals surface area contributed by atoms with Gasteiger partial charge in [-0.2, -0.15) is 0 Å². The Morgan fingerprint density at radius 1 is 1.29 bits per heavy atom. The first-order valence-corrected chi connectivity index (χ1v) is 7.69. The summed E-state index contributed by atoms with van der Waals surface area (Å²) >= 11 is 0. The number of piperidine rings is 1. The number of aliphatic carboxylic acids is 1. The molecule has 1 atom stereocenters. The van der Waals surface area contributed by atoms with E-state index in [1.54, 1.807) is 4.90 Å². The molecule has 0 bridgehead atoms. The van der Waals surface area contributed by atoms with Crippen LogP contribution in [0.3, 0.4) is 0 Å². The molecule has 2 saturated heterocycles. The number of morpholine rings is 1. The summed E-state index contributed by atoms with van der Waals surface area (Å²) in [6.45, 7) is 7.14. The largest absolute Gasteiger partial charge is 0.481 e. The molecule has 7 nitrogen and oxygen atoms in total. The molecule has 2 N–H and O–H groups in total. The minimum absolute atomic E-state index is 0.0409. The summed E-state index contributed by atoms with van der Waals surface area (Å²) in [7, 11) is 0. The van der Waals surface area contributed by atoms with Crippen LogP contribution in [0.2, 0.25) is 0 Å². The van der Waals surface area contributed by atoms with E-state index in [2.05, 4.69) is 17.1 Å². The monoisotopic (exact) mass is 299 g/mol. The maximum absolute atomic E-state index is 12.1. The zero-order valence-electron chi connectivity index (χ0n) is 12.6. The number of likely N-dealkylation sites (tertiary alicyclic amines) is 1. The van der Waals surface area contributed by atoms with Gasteiger partial charge >= 0.3 is 12.0 Å². The van der Waals surface area contributed by atoms with Crippen LogP contribution in [0.4, 0.5) is 4.79 Å². The molecule has 120 valence electrons. The van der Waals surface area contributed by atoms with Crippen LogP contribution in [0.25, 0.3) is 0 Å². The highest BCUT2D eigenvalue weighted by molar-refractivity contribution is 5.75. The van der Waals surface area contributed by atoms with Crippen LogP contribution in [-0.4, -0.2) is 78.9 Å². The fraction of sp³-hybridized carbons (Fsp3) is 0.857. The van der Waals surface area contributed by atoms with Gasteiger partial charge in [0, 0.05) is 32.7 Å². The highest BCUT2D eigenvalue weighted by atomic mass is 16.5. The van der Waals surface area contributed by atoms with Gasteiger partial charge in [-0.1, -0.05) is 6.92 Å². The fourth-order valence-electron chi connectivity index (χ4n) is 2.83. The van der Waals surface area contributed by atoms with Gasteiger partial charge < -0.3 is 20.1 Å². The molecule has 2 amide bonds. The van der Waals surface area contributed by atoms with E-state index in [4.69, 9.17) is 9.84 Å². The van der Waals surface area contributed by atoms with Crippen LogP contribution >= 0.6 is 0 Å². The molecule has 1 unspecified atom stereocenters. The summed E-state index contributed by atoms with van der Waals surface area (Å²) in [6.07, 6.45) is 1.11. The average molecular weight is 299 g/mol. The normalized spacial score (nSPS) is 24.8. The number of carboxylic acids is 1. The maximum atomic E-state index is 12.1. The second kappa shape index (κ2) is 7.61. The Balaban J connectivity index is 1.69. The first-order valence-electron chi connectivity index (χ1n) is 7.69. The first kappa shape index (κ1) is 16.0. The van der Waals surface area contributed by atoms with Crippen LogP contribution in [0, 0.1) is 5.92 Å².